The predicted molar refractivity (Wildman–Crippen MR) is 117 cm³/mol. The molecule has 172 valence electrons. The summed E-state index contributed by atoms with van der Waals surface area (Å²) in [6, 6.07) is 12.4. The molecule has 1 aliphatic rings. The van der Waals surface area contributed by atoms with E-state index in [0.717, 1.165) is 4.90 Å². The Hall–Kier alpha value is -2.39. The van der Waals surface area contributed by atoms with Crippen LogP contribution in [-0.4, -0.2) is 52.8 Å². The van der Waals surface area contributed by atoms with Crippen molar-refractivity contribution in [2.45, 2.75) is 22.2 Å². The van der Waals surface area contributed by atoms with Crippen molar-refractivity contribution < 1.29 is 33.6 Å². The third-order valence-corrected chi connectivity index (χ3v) is 5.10. The Balaban J connectivity index is 2.10. The molecule has 3 atom stereocenters. The molecule has 0 bridgehead atoms. The van der Waals surface area contributed by atoms with E-state index in [1.54, 1.807) is 48.5 Å². The van der Waals surface area contributed by atoms with Gasteiger partial charge in [-0.2, -0.15) is 0 Å². The van der Waals surface area contributed by atoms with Gasteiger partial charge in [0, 0.05) is 11.6 Å². The molecule has 8 nitrogen and oxygen atoms in total. The lowest BCUT2D eigenvalue weighted by atomic mass is 10.0. The van der Waals surface area contributed by atoms with E-state index in [9.17, 15) is 14.7 Å². The fourth-order valence-corrected chi connectivity index (χ4v) is 3.59. The van der Waals surface area contributed by atoms with Gasteiger partial charge < -0.3 is 24.1 Å². The highest BCUT2D eigenvalue weighted by atomic mass is 35.6. The van der Waals surface area contributed by atoms with Gasteiger partial charge in [-0.3, -0.25) is 4.90 Å². The van der Waals surface area contributed by atoms with E-state index in [1.807, 2.05) is 0 Å². The zero-order valence-corrected chi connectivity index (χ0v) is 19.3. The van der Waals surface area contributed by atoms with E-state index in [1.165, 1.54) is 14.2 Å². The van der Waals surface area contributed by atoms with E-state index >= 15 is 0 Å². The zero-order valence-electron chi connectivity index (χ0n) is 17.0. The van der Waals surface area contributed by atoms with Crippen molar-refractivity contribution in [2.24, 2.45) is 0 Å². The molecular weight excluding hydrogens is 485 g/mol. The molecule has 3 rings (SSSR count). The molecule has 0 spiro atoms. The van der Waals surface area contributed by atoms with Gasteiger partial charge in [0.15, 0.2) is 12.3 Å². The molecular formula is C21H20Cl3NO7. The summed E-state index contributed by atoms with van der Waals surface area (Å²) in [5.41, 5.74) is 0.921. The van der Waals surface area contributed by atoms with Crippen molar-refractivity contribution in [1.82, 2.24) is 4.90 Å². The number of aliphatic carboxylic acids is 1. The first-order valence-electron chi connectivity index (χ1n) is 9.33. The molecule has 0 aromatic heterocycles. The van der Waals surface area contributed by atoms with Gasteiger partial charge in [0.2, 0.25) is 3.79 Å². The number of rotatable bonds is 6. The lowest BCUT2D eigenvalue weighted by molar-refractivity contribution is -0.150. The summed E-state index contributed by atoms with van der Waals surface area (Å²) in [4.78, 5) is 26.4. The number of nitrogens with zero attached hydrogens (tertiary/aromatic N) is 1. The first-order valence-corrected chi connectivity index (χ1v) is 10.5. The Morgan fingerprint density at radius 3 is 2.34 bits per heavy atom. The SMILES string of the molecule is COc1ccc(C2OC(C(=O)O)C(c3ccccc3)N2C(=O)OCC(Cl)(Cl)Cl)c(OC)c1. The number of carboxylic acids is 1. The van der Waals surface area contributed by atoms with Crippen LogP contribution in [0.25, 0.3) is 0 Å². The van der Waals surface area contributed by atoms with Crippen LogP contribution < -0.4 is 9.47 Å². The molecule has 0 radical (unpaired) electrons. The van der Waals surface area contributed by atoms with Crippen molar-refractivity contribution in [1.29, 1.82) is 0 Å². The topological polar surface area (TPSA) is 94.5 Å². The third kappa shape index (κ3) is 5.32. The molecule has 1 saturated heterocycles. The highest BCUT2D eigenvalue weighted by Crippen LogP contribution is 2.46. The third-order valence-electron chi connectivity index (χ3n) is 4.78. The predicted octanol–water partition coefficient (Wildman–Crippen LogP) is 4.74. The van der Waals surface area contributed by atoms with Gasteiger partial charge in [-0.25, -0.2) is 9.59 Å². The van der Waals surface area contributed by atoms with E-state index < -0.39 is 40.8 Å². The molecule has 0 aliphatic carbocycles. The number of ether oxygens (including phenoxy) is 4. The molecule has 0 saturated carbocycles. The molecule has 1 fully saturated rings. The minimum atomic E-state index is -1.85. The molecule has 1 amide bonds. The summed E-state index contributed by atoms with van der Waals surface area (Å²) in [5, 5.41) is 9.86. The average Bonchev–Trinajstić information content (AvgIpc) is 3.18. The van der Waals surface area contributed by atoms with Crippen LogP contribution >= 0.6 is 34.8 Å². The molecule has 1 aliphatic heterocycles. The monoisotopic (exact) mass is 503 g/mol. The Morgan fingerprint density at radius 2 is 1.78 bits per heavy atom. The van der Waals surface area contributed by atoms with Gasteiger partial charge in [0.1, 0.15) is 24.1 Å². The summed E-state index contributed by atoms with van der Waals surface area (Å²) in [6.45, 7) is -0.543. The van der Waals surface area contributed by atoms with Crippen molar-refractivity contribution >= 4 is 46.9 Å². The number of methoxy groups -OCH3 is 2. The van der Waals surface area contributed by atoms with Gasteiger partial charge in [0.05, 0.1) is 14.2 Å². The first-order chi connectivity index (χ1) is 15.2. The lowest BCUT2D eigenvalue weighted by Gasteiger charge is -2.29. The van der Waals surface area contributed by atoms with Gasteiger partial charge >= 0.3 is 12.1 Å². The standard InChI is InChI=1S/C21H20Cl3NO7/c1-29-13-8-9-14(15(10-13)30-2)18-25(20(28)31-11-21(22,23)24)16(17(32-18)19(26)27)12-6-4-3-5-7-12/h3-10,16-18H,11H2,1-2H3,(H,26,27). The highest BCUT2D eigenvalue weighted by molar-refractivity contribution is 6.67. The molecule has 32 heavy (non-hydrogen) atoms. The van der Waals surface area contributed by atoms with Crippen LogP contribution in [0.1, 0.15) is 23.4 Å². The largest absolute Gasteiger partial charge is 0.497 e. The van der Waals surface area contributed by atoms with Crippen molar-refractivity contribution in [2.75, 3.05) is 20.8 Å². The molecule has 1 heterocycles. The summed E-state index contributed by atoms with van der Waals surface area (Å²) in [6.07, 6.45) is -3.48. The lowest BCUT2D eigenvalue weighted by Crippen LogP contribution is -2.38. The highest BCUT2D eigenvalue weighted by Gasteiger charge is 2.51. The van der Waals surface area contributed by atoms with E-state index in [2.05, 4.69) is 0 Å². The van der Waals surface area contributed by atoms with Crippen LogP contribution in [0.2, 0.25) is 0 Å². The van der Waals surface area contributed by atoms with Crippen molar-refractivity contribution in [3.63, 3.8) is 0 Å². The van der Waals surface area contributed by atoms with E-state index in [4.69, 9.17) is 53.8 Å². The molecule has 2 aromatic rings. The van der Waals surface area contributed by atoms with Gasteiger partial charge in [-0.1, -0.05) is 65.1 Å². The number of alkyl halides is 3. The molecule has 11 heteroatoms. The zero-order chi connectivity index (χ0) is 23.5. The maximum Gasteiger partial charge on any atom is 0.412 e. The van der Waals surface area contributed by atoms with Crippen LogP contribution in [0, 0.1) is 0 Å². The second-order valence-electron chi connectivity index (χ2n) is 6.79. The fourth-order valence-electron chi connectivity index (χ4n) is 3.42. The molecule has 3 unspecified atom stereocenters. The van der Waals surface area contributed by atoms with Crippen LogP contribution in [0.3, 0.4) is 0 Å². The number of benzene rings is 2. The number of hydrogen-bond donors (Lipinski definition) is 1. The second kappa shape index (κ2) is 10.0. The van der Waals surface area contributed by atoms with Crippen LogP contribution in [0.4, 0.5) is 4.79 Å². The minimum Gasteiger partial charge on any atom is -0.497 e. The summed E-state index contributed by atoms with van der Waals surface area (Å²) >= 11 is 17.2. The Bertz CT molecular complexity index is 968. The number of amides is 1. The van der Waals surface area contributed by atoms with Gasteiger partial charge in [0.25, 0.3) is 0 Å². The minimum absolute atomic E-state index is 0.325. The molecule has 1 N–H and O–H groups in total. The Morgan fingerprint density at radius 1 is 1.09 bits per heavy atom. The number of carbonyl (C=O) groups is 2. The number of carboxylic acid groups (broad SMARTS) is 1. The second-order valence-corrected chi connectivity index (χ2v) is 9.30. The summed E-state index contributed by atoms with van der Waals surface area (Å²) in [5.74, 6) is -0.428. The maximum absolute atomic E-state index is 13.1. The maximum atomic E-state index is 13.1. The first kappa shape index (κ1) is 24.3. The van der Waals surface area contributed by atoms with Crippen LogP contribution in [-0.2, 0) is 14.3 Å². The average molecular weight is 505 g/mol. The Kier molecular flexibility index (Phi) is 7.61. The smallest absolute Gasteiger partial charge is 0.412 e. The quantitative estimate of drug-likeness (QED) is 0.568. The van der Waals surface area contributed by atoms with Gasteiger partial charge in [-0.05, 0) is 17.7 Å². The summed E-state index contributed by atoms with van der Waals surface area (Å²) in [7, 11) is 2.93. The number of halogens is 3. The fraction of sp³-hybridized carbons (Fsp3) is 0.333. The molecule has 2 aromatic carbocycles. The number of hydrogen-bond acceptors (Lipinski definition) is 6. The summed E-state index contributed by atoms with van der Waals surface area (Å²) < 4.78 is 19.8. The van der Waals surface area contributed by atoms with Gasteiger partial charge in [-0.15, -0.1) is 0 Å². The van der Waals surface area contributed by atoms with E-state index in [-0.39, 0.29) is 0 Å². The number of carbonyl (C=O) groups excluding carboxylic acids is 1. The normalized spacial score (nSPS) is 20.7. The van der Waals surface area contributed by atoms with Crippen molar-refractivity contribution in [3.05, 3.63) is 59.7 Å². The van der Waals surface area contributed by atoms with Crippen LogP contribution in [0.15, 0.2) is 48.5 Å². The van der Waals surface area contributed by atoms with E-state index in [0.29, 0.717) is 22.6 Å². The van der Waals surface area contributed by atoms with Crippen LogP contribution in [0.5, 0.6) is 11.5 Å². The Labute approximate surface area is 199 Å². The van der Waals surface area contributed by atoms with Crippen molar-refractivity contribution in [3.8, 4) is 11.5 Å².